The summed E-state index contributed by atoms with van der Waals surface area (Å²) in [5, 5.41) is 4.52. The van der Waals surface area contributed by atoms with Crippen LogP contribution in [0.2, 0.25) is 0 Å². The van der Waals surface area contributed by atoms with E-state index >= 15 is 0 Å². The van der Waals surface area contributed by atoms with E-state index in [0.717, 1.165) is 55.4 Å². The molecule has 0 saturated heterocycles. The minimum absolute atomic E-state index is 0. The number of pyridine rings is 3. The van der Waals surface area contributed by atoms with Crippen LogP contribution in [0.5, 0.6) is 0 Å². The fourth-order valence-electron chi connectivity index (χ4n) is 5.88. The molecule has 0 bridgehead atoms. The Hall–Kier alpha value is -4.96. The maximum Gasteiger partial charge on any atom is 0.128 e. The third-order valence-electron chi connectivity index (χ3n) is 8.23. The number of aryl methyl sites for hydroxylation is 3. The Morgan fingerprint density at radius 3 is 2.26 bits per heavy atom. The van der Waals surface area contributed by atoms with E-state index in [1.165, 1.54) is 33.2 Å². The van der Waals surface area contributed by atoms with Crippen molar-refractivity contribution in [2.75, 3.05) is 0 Å². The van der Waals surface area contributed by atoms with Gasteiger partial charge in [0.05, 0.1) is 5.58 Å². The van der Waals surface area contributed by atoms with Crippen molar-refractivity contribution in [1.82, 2.24) is 15.0 Å². The molecule has 0 aliphatic heterocycles. The molecule has 0 aliphatic carbocycles. The molecule has 5 heteroatoms. The van der Waals surface area contributed by atoms with E-state index in [4.69, 9.17) is 4.42 Å². The third-order valence-corrected chi connectivity index (χ3v) is 8.23. The van der Waals surface area contributed by atoms with Crippen molar-refractivity contribution in [2.45, 2.75) is 27.7 Å². The molecule has 227 valence electrons. The van der Waals surface area contributed by atoms with Crippen LogP contribution in [0.25, 0.3) is 66.4 Å². The van der Waals surface area contributed by atoms with Gasteiger partial charge in [-0.2, -0.15) is 0 Å². The van der Waals surface area contributed by atoms with Gasteiger partial charge in [-0.05, 0) is 96.6 Å². The van der Waals surface area contributed by atoms with Gasteiger partial charge in [0.2, 0.25) is 0 Å². The summed E-state index contributed by atoms with van der Waals surface area (Å²) in [6.45, 7) is 8.52. The number of rotatable bonds is 3. The molecular weight excluding hydrogens is 743 g/mol. The zero-order chi connectivity index (χ0) is 30.9. The molecule has 4 aromatic heterocycles. The van der Waals surface area contributed by atoms with Crippen molar-refractivity contribution in [3.8, 4) is 33.6 Å². The Balaban J connectivity index is 0.000000223. The van der Waals surface area contributed by atoms with Gasteiger partial charge in [0.15, 0.2) is 0 Å². The van der Waals surface area contributed by atoms with Crippen LogP contribution in [0.3, 0.4) is 0 Å². The van der Waals surface area contributed by atoms with Crippen molar-refractivity contribution >= 4 is 32.7 Å². The van der Waals surface area contributed by atoms with Gasteiger partial charge >= 0.3 is 0 Å². The van der Waals surface area contributed by atoms with Gasteiger partial charge in [-0.25, -0.2) is 0 Å². The average molecular weight is 774 g/mol. The minimum Gasteiger partial charge on any atom is -0.500 e. The number of nitrogens with zero attached hydrogens (tertiary/aromatic N) is 3. The molecule has 0 unspecified atom stereocenters. The van der Waals surface area contributed by atoms with Crippen LogP contribution in [0, 0.1) is 39.8 Å². The van der Waals surface area contributed by atoms with E-state index in [0.29, 0.717) is 0 Å². The largest absolute Gasteiger partial charge is 0.500 e. The molecule has 4 heterocycles. The molecule has 1 radical (unpaired) electrons. The average Bonchev–Trinajstić information content (AvgIpc) is 3.45. The van der Waals surface area contributed by atoms with Crippen LogP contribution in [0.4, 0.5) is 0 Å². The molecule has 4 nitrogen and oxygen atoms in total. The standard InChI is InChI=1S/C29H21N2O.C12H10N.Ir/c1-17-13-23-21-7-6-8-22(26-9-4-5-11-31-26)28(21)32-29(23)24(14-17)27-19(3)18(2)15-20-10-12-30-16-25(20)27;1-10-7-8-12(13-9-10)11-5-3-2-4-6-11;/h4-7,9-16H,1-3H3;2-5,7-9H,1H3;/q2*-1;. The summed E-state index contributed by atoms with van der Waals surface area (Å²) in [6.07, 6.45) is 7.48. The summed E-state index contributed by atoms with van der Waals surface area (Å²) in [5.74, 6) is 0. The summed E-state index contributed by atoms with van der Waals surface area (Å²) < 4.78 is 6.63. The maximum absolute atomic E-state index is 6.63. The van der Waals surface area contributed by atoms with Crippen molar-refractivity contribution in [1.29, 1.82) is 0 Å². The van der Waals surface area contributed by atoms with Crippen molar-refractivity contribution in [3.05, 3.63) is 150 Å². The quantitative estimate of drug-likeness (QED) is 0.168. The predicted octanol–water partition coefficient (Wildman–Crippen LogP) is 10.4. The van der Waals surface area contributed by atoms with Gasteiger partial charge in [0, 0.05) is 61.2 Å². The van der Waals surface area contributed by atoms with Gasteiger partial charge in [-0.3, -0.25) is 4.98 Å². The summed E-state index contributed by atoms with van der Waals surface area (Å²) in [6, 6.07) is 37.1. The van der Waals surface area contributed by atoms with Gasteiger partial charge in [0.25, 0.3) is 0 Å². The van der Waals surface area contributed by atoms with Crippen molar-refractivity contribution < 1.29 is 24.5 Å². The second kappa shape index (κ2) is 13.2. The molecule has 8 rings (SSSR count). The Labute approximate surface area is 282 Å². The molecule has 0 saturated carbocycles. The van der Waals surface area contributed by atoms with Gasteiger partial charge in [-0.1, -0.05) is 41.3 Å². The van der Waals surface area contributed by atoms with Crippen LogP contribution in [-0.4, -0.2) is 15.0 Å². The second-order valence-electron chi connectivity index (χ2n) is 11.4. The van der Waals surface area contributed by atoms with Gasteiger partial charge in [-0.15, -0.1) is 54.1 Å². The van der Waals surface area contributed by atoms with Crippen LogP contribution >= 0.6 is 0 Å². The first-order chi connectivity index (χ1) is 22.0. The summed E-state index contributed by atoms with van der Waals surface area (Å²) in [7, 11) is 0. The van der Waals surface area contributed by atoms with E-state index in [9.17, 15) is 0 Å². The Morgan fingerprint density at radius 1 is 0.630 bits per heavy atom. The van der Waals surface area contributed by atoms with E-state index < -0.39 is 0 Å². The fourth-order valence-corrected chi connectivity index (χ4v) is 5.88. The number of furan rings is 1. The third kappa shape index (κ3) is 5.88. The van der Waals surface area contributed by atoms with Gasteiger partial charge < -0.3 is 14.4 Å². The van der Waals surface area contributed by atoms with E-state index in [2.05, 4.69) is 84.3 Å². The molecule has 0 atom stereocenters. The van der Waals surface area contributed by atoms with Crippen LogP contribution in [-0.2, 0) is 20.1 Å². The van der Waals surface area contributed by atoms with E-state index in [-0.39, 0.29) is 20.1 Å². The molecule has 0 aliphatic rings. The first-order valence-corrected chi connectivity index (χ1v) is 15.0. The topological polar surface area (TPSA) is 51.8 Å². The van der Waals surface area contributed by atoms with Crippen LogP contribution in [0.15, 0.2) is 120 Å². The van der Waals surface area contributed by atoms with E-state index in [1.54, 1.807) is 6.20 Å². The molecule has 46 heavy (non-hydrogen) atoms. The zero-order valence-electron chi connectivity index (χ0n) is 26.1. The number of aromatic nitrogens is 3. The summed E-state index contributed by atoms with van der Waals surface area (Å²) >= 11 is 0. The normalized spacial score (nSPS) is 10.9. The monoisotopic (exact) mass is 774 g/mol. The van der Waals surface area contributed by atoms with E-state index in [1.807, 2.05) is 80.1 Å². The fraction of sp³-hybridized carbons (Fsp3) is 0.0976. The van der Waals surface area contributed by atoms with Crippen LogP contribution < -0.4 is 0 Å². The number of benzene rings is 4. The molecule has 0 spiro atoms. The molecule has 0 fully saturated rings. The molecule has 4 aromatic carbocycles. The summed E-state index contributed by atoms with van der Waals surface area (Å²) in [4.78, 5) is 13.3. The molecule has 0 amide bonds. The number of hydrogen-bond donors (Lipinski definition) is 0. The van der Waals surface area contributed by atoms with Gasteiger partial charge in [0.1, 0.15) is 5.58 Å². The predicted molar refractivity (Wildman–Crippen MR) is 184 cm³/mol. The molecule has 8 aromatic rings. The van der Waals surface area contributed by atoms with Crippen LogP contribution in [0.1, 0.15) is 22.3 Å². The second-order valence-corrected chi connectivity index (χ2v) is 11.4. The maximum atomic E-state index is 6.63. The van der Waals surface area contributed by atoms with Crippen molar-refractivity contribution in [3.63, 3.8) is 0 Å². The Bertz CT molecular complexity index is 2290. The Kier molecular flexibility index (Phi) is 8.89. The molecule has 0 N–H and O–H groups in total. The summed E-state index contributed by atoms with van der Waals surface area (Å²) in [5.41, 5.74) is 12.6. The first-order valence-electron chi connectivity index (χ1n) is 15.0. The Morgan fingerprint density at radius 2 is 1.50 bits per heavy atom. The SMILES string of the molecule is Cc1cc(-c2c(C)c(C)cc3ccncc23)c2oc3c(-c4ccccn4)[c-]ccc3c2c1.Cc1ccc(-c2[c-]cccc2)nc1.[Ir]. The zero-order valence-corrected chi connectivity index (χ0v) is 28.4. The number of hydrogen-bond acceptors (Lipinski definition) is 4. The first kappa shape index (κ1) is 31.0. The van der Waals surface area contributed by atoms with Crippen molar-refractivity contribution in [2.24, 2.45) is 0 Å². The number of fused-ring (bicyclic) bond motifs is 4. The molecular formula is C41H31IrN3O-2. The smallest absolute Gasteiger partial charge is 0.128 e. The minimum atomic E-state index is 0.